The number of piperazine rings is 1. The summed E-state index contributed by atoms with van der Waals surface area (Å²) in [6.07, 6.45) is 3.53. The first-order chi connectivity index (χ1) is 12.0. The van der Waals surface area contributed by atoms with Gasteiger partial charge in [-0.1, -0.05) is 0 Å². The van der Waals surface area contributed by atoms with Crippen molar-refractivity contribution < 1.29 is 19.1 Å². The summed E-state index contributed by atoms with van der Waals surface area (Å²) >= 11 is 3.25. The molecule has 1 unspecified atom stereocenters. The number of ether oxygens (including phenoxy) is 1. The van der Waals surface area contributed by atoms with Crippen molar-refractivity contribution in [2.75, 3.05) is 32.7 Å². The topological polar surface area (TPSA) is 95.9 Å². The number of hydrogen-bond acceptors (Lipinski definition) is 6. The largest absolute Gasteiger partial charge is 0.458 e. The van der Waals surface area contributed by atoms with Gasteiger partial charge in [0.1, 0.15) is 6.10 Å². The molecule has 9 nitrogen and oxygen atoms in total. The average molecular weight is 412 g/mol. The molecule has 3 heterocycles. The lowest BCUT2D eigenvalue weighted by molar-refractivity contribution is -0.153. The van der Waals surface area contributed by atoms with Gasteiger partial charge in [0.15, 0.2) is 0 Å². The summed E-state index contributed by atoms with van der Waals surface area (Å²) < 4.78 is 6.41. The van der Waals surface area contributed by atoms with Crippen molar-refractivity contribution in [2.24, 2.45) is 0 Å². The monoisotopic (exact) mass is 411 g/mol. The van der Waals surface area contributed by atoms with Gasteiger partial charge in [-0.3, -0.25) is 14.5 Å². The van der Waals surface area contributed by atoms with E-state index in [1.807, 2.05) is 0 Å². The highest BCUT2D eigenvalue weighted by atomic mass is 79.9. The molecule has 3 rings (SSSR count). The lowest BCUT2D eigenvalue weighted by atomic mass is 10.3. The summed E-state index contributed by atoms with van der Waals surface area (Å²) in [5, 5.41) is 0. The van der Waals surface area contributed by atoms with Crippen LogP contribution in [0.2, 0.25) is 0 Å². The maximum Gasteiger partial charge on any atom is 0.327 e. The Kier molecular flexibility index (Phi) is 5.16. The maximum absolute atomic E-state index is 12.6. The van der Waals surface area contributed by atoms with Gasteiger partial charge >= 0.3 is 23.9 Å². The third-order valence-corrected chi connectivity index (χ3v) is 4.62. The van der Waals surface area contributed by atoms with Crippen LogP contribution in [0.4, 0.5) is 4.79 Å². The molecule has 0 N–H and O–H groups in total. The van der Waals surface area contributed by atoms with Crippen LogP contribution in [0.25, 0.3) is 0 Å². The number of likely N-dealkylation sites (tertiary alicyclic amines) is 1. The van der Waals surface area contributed by atoms with Crippen molar-refractivity contribution in [3.8, 4) is 6.01 Å². The van der Waals surface area contributed by atoms with Gasteiger partial charge in [0.25, 0.3) is 0 Å². The first kappa shape index (κ1) is 17.6. The Balaban J connectivity index is 1.58. The Hall–Kier alpha value is -2.23. The molecule has 0 aromatic carbocycles. The highest BCUT2D eigenvalue weighted by Crippen LogP contribution is 2.18. The Labute approximate surface area is 153 Å². The zero-order valence-corrected chi connectivity index (χ0v) is 15.3. The van der Waals surface area contributed by atoms with Crippen LogP contribution in [0, 0.1) is 0 Å². The molecule has 0 radical (unpaired) electrons. The molecule has 0 spiro atoms. The minimum Gasteiger partial charge on any atom is -0.458 e. The van der Waals surface area contributed by atoms with Crippen LogP contribution < -0.4 is 4.74 Å². The SMILES string of the molecule is CCN1CCN(C(=O)N2CCC(Oc3ncc(Br)cn3)C2)C(=O)C1=O. The lowest BCUT2D eigenvalue weighted by Crippen LogP contribution is -2.58. The molecule has 2 fully saturated rings. The molecular formula is C15H18BrN5O4. The molecule has 2 aliphatic rings. The first-order valence-electron chi connectivity index (χ1n) is 8.03. The predicted molar refractivity (Wildman–Crippen MR) is 89.7 cm³/mol. The molecule has 2 aliphatic heterocycles. The van der Waals surface area contributed by atoms with Gasteiger partial charge in [0, 0.05) is 45.0 Å². The number of urea groups is 1. The zero-order chi connectivity index (χ0) is 18.0. The maximum atomic E-state index is 12.6. The Morgan fingerprint density at radius 2 is 1.96 bits per heavy atom. The van der Waals surface area contributed by atoms with Gasteiger partial charge in [0.05, 0.1) is 11.0 Å². The van der Waals surface area contributed by atoms with Crippen molar-refractivity contribution in [1.82, 2.24) is 24.7 Å². The number of imide groups is 1. The minimum absolute atomic E-state index is 0.217. The van der Waals surface area contributed by atoms with E-state index in [4.69, 9.17) is 4.74 Å². The molecule has 25 heavy (non-hydrogen) atoms. The van der Waals surface area contributed by atoms with Crippen molar-refractivity contribution in [3.63, 3.8) is 0 Å². The number of halogens is 1. The number of nitrogens with zero attached hydrogens (tertiary/aromatic N) is 5. The fourth-order valence-corrected chi connectivity index (χ4v) is 3.04. The van der Waals surface area contributed by atoms with Crippen LogP contribution in [0.3, 0.4) is 0 Å². The highest BCUT2D eigenvalue weighted by molar-refractivity contribution is 9.10. The molecule has 2 saturated heterocycles. The van der Waals surface area contributed by atoms with Crippen LogP contribution in [-0.2, 0) is 9.59 Å². The second-order valence-electron chi connectivity index (χ2n) is 5.78. The fourth-order valence-electron chi connectivity index (χ4n) is 2.84. The van der Waals surface area contributed by atoms with Crippen molar-refractivity contribution in [2.45, 2.75) is 19.4 Å². The summed E-state index contributed by atoms with van der Waals surface area (Å²) in [5.41, 5.74) is 0. The second-order valence-corrected chi connectivity index (χ2v) is 6.70. The van der Waals surface area contributed by atoms with Gasteiger partial charge in [-0.25, -0.2) is 14.8 Å². The summed E-state index contributed by atoms with van der Waals surface area (Å²) in [7, 11) is 0. The zero-order valence-electron chi connectivity index (χ0n) is 13.7. The van der Waals surface area contributed by atoms with Crippen molar-refractivity contribution in [1.29, 1.82) is 0 Å². The molecule has 0 saturated carbocycles. The van der Waals surface area contributed by atoms with Crippen LogP contribution in [0.1, 0.15) is 13.3 Å². The van der Waals surface area contributed by atoms with Gasteiger partial charge < -0.3 is 14.5 Å². The molecule has 4 amide bonds. The molecule has 10 heteroatoms. The minimum atomic E-state index is -0.765. The van der Waals surface area contributed by atoms with E-state index in [9.17, 15) is 14.4 Å². The smallest absolute Gasteiger partial charge is 0.327 e. The Morgan fingerprint density at radius 3 is 2.64 bits per heavy atom. The highest BCUT2D eigenvalue weighted by Gasteiger charge is 2.39. The second kappa shape index (κ2) is 7.34. The summed E-state index contributed by atoms with van der Waals surface area (Å²) in [5.74, 6) is -1.39. The van der Waals surface area contributed by atoms with Crippen molar-refractivity contribution >= 4 is 33.8 Å². The number of aromatic nitrogens is 2. The van der Waals surface area contributed by atoms with Gasteiger partial charge in [0.2, 0.25) is 0 Å². The standard InChI is InChI=1S/C15H18BrN5O4/c1-2-19-5-6-21(13(23)12(19)22)15(24)20-4-3-11(9-20)25-14-17-7-10(16)8-18-14/h7-8,11H,2-6,9H2,1H3. The van der Waals surface area contributed by atoms with Crippen LogP contribution in [-0.4, -0.2) is 81.3 Å². The number of amides is 4. The van der Waals surface area contributed by atoms with E-state index in [1.165, 1.54) is 9.80 Å². The van der Waals surface area contributed by atoms with Gasteiger partial charge in [-0.2, -0.15) is 0 Å². The van der Waals surface area contributed by atoms with Gasteiger partial charge in [-0.15, -0.1) is 0 Å². The van der Waals surface area contributed by atoms with Crippen molar-refractivity contribution in [3.05, 3.63) is 16.9 Å². The molecule has 134 valence electrons. The summed E-state index contributed by atoms with van der Waals surface area (Å²) in [6.45, 7) is 3.63. The van der Waals surface area contributed by atoms with Crippen LogP contribution >= 0.6 is 15.9 Å². The lowest BCUT2D eigenvalue weighted by Gasteiger charge is -2.33. The van der Waals surface area contributed by atoms with Gasteiger partial charge in [-0.05, 0) is 22.9 Å². The Bertz CT molecular complexity index is 683. The number of carbonyl (C=O) groups excluding carboxylic acids is 3. The van der Waals surface area contributed by atoms with E-state index in [0.29, 0.717) is 32.6 Å². The van der Waals surface area contributed by atoms with E-state index < -0.39 is 17.8 Å². The van der Waals surface area contributed by atoms with E-state index >= 15 is 0 Å². The number of likely N-dealkylation sites (N-methyl/N-ethyl adjacent to an activating group) is 1. The quantitative estimate of drug-likeness (QED) is 0.672. The fraction of sp³-hybridized carbons (Fsp3) is 0.533. The molecule has 0 aliphatic carbocycles. The normalized spacial score (nSPS) is 21.0. The van der Waals surface area contributed by atoms with E-state index in [2.05, 4.69) is 25.9 Å². The van der Waals surface area contributed by atoms with E-state index in [-0.39, 0.29) is 18.7 Å². The first-order valence-corrected chi connectivity index (χ1v) is 8.82. The number of rotatable bonds is 3. The number of hydrogen-bond donors (Lipinski definition) is 0. The summed E-state index contributed by atoms with van der Waals surface area (Å²) in [4.78, 5) is 48.7. The number of carbonyl (C=O) groups is 3. The van der Waals surface area contributed by atoms with Crippen LogP contribution in [0.5, 0.6) is 6.01 Å². The Morgan fingerprint density at radius 1 is 1.24 bits per heavy atom. The van der Waals surface area contributed by atoms with E-state index in [1.54, 1.807) is 19.3 Å². The third kappa shape index (κ3) is 3.73. The molecule has 1 atom stereocenters. The predicted octanol–water partition coefficient (Wildman–Crippen LogP) is 0.503. The molecule has 0 bridgehead atoms. The molecular weight excluding hydrogens is 394 g/mol. The third-order valence-electron chi connectivity index (χ3n) is 4.21. The molecule has 1 aromatic rings. The van der Waals surface area contributed by atoms with E-state index in [0.717, 1.165) is 9.37 Å². The molecule has 1 aromatic heterocycles. The van der Waals surface area contributed by atoms with Crippen LogP contribution in [0.15, 0.2) is 16.9 Å². The summed E-state index contributed by atoms with van der Waals surface area (Å²) in [6, 6.07) is -0.206. The average Bonchev–Trinajstić information content (AvgIpc) is 3.07.